The van der Waals surface area contributed by atoms with Crippen LogP contribution in [0.2, 0.25) is 0 Å². The number of carbonyl (C=O) groups excluding carboxylic acids is 1. The van der Waals surface area contributed by atoms with E-state index in [9.17, 15) is 4.79 Å². The zero-order valence-electron chi connectivity index (χ0n) is 17.0. The average molecular weight is 496 g/mol. The zero-order chi connectivity index (χ0) is 18.7. The minimum atomic E-state index is 0. The third kappa shape index (κ3) is 4.63. The molecule has 2 saturated heterocycles. The van der Waals surface area contributed by atoms with Gasteiger partial charge in [-0.1, -0.05) is 30.7 Å². The van der Waals surface area contributed by atoms with Crippen molar-refractivity contribution in [2.45, 2.75) is 58.5 Å². The lowest BCUT2D eigenvalue weighted by Gasteiger charge is -2.38. The number of aliphatic imine (C=N–C) groups is 1. The number of amides is 1. The van der Waals surface area contributed by atoms with Gasteiger partial charge in [0.2, 0.25) is 5.91 Å². The maximum atomic E-state index is 12.0. The van der Waals surface area contributed by atoms with Crippen LogP contribution in [0.1, 0.15) is 56.6 Å². The normalized spacial score (nSPS) is 21.0. The summed E-state index contributed by atoms with van der Waals surface area (Å²) in [4.78, 5) is 21.4. The first kappa shape index (κ1) is 21.4. The Bertz CT molecular complexity index is 716. The van der Waals surface area contributed by atoms with Crippen molar-refractivity contribution in [1.29, 1.82) is 0 Å². The van der Waals surface area contributed by atoms with Gasteiger partial charge in [0, 0.05) is 39.1 Å². The molecule has 1 N–H and O–H groups in total. The number of nitrogens with zero attached hydrogens (tertiary/aromatic N) is 3. The predicted molar refractivity (Wildman–Crippen MR) is 124 cm³/mol. The number of halogens is 1. The van der Waals surface area contributed by atoms with Crippen molar-refractivity contribution >= 4 is 35.8 Å². The summed E-state index contributed by atoms with van der Waals surface area (Å²) in [6, 6.07) is 8.43. The quantitative estimate of drug-likeness (QED) is 0.384. The van der Waals surface area contributed by atoms with E-state index in [0.717, 1.165) is 38.6 Å². The fourth-order valence-corrected chi connectivity index (χ4v) is 4.73. The van der Waals surface area contributed by atoms with E-state index in [0.29, 0.717) is 24.9 Å². The van der Waals surface area contributed by atoms with E-state index < -0.39 is 0 Å². The maximum Gasteiger partial charge on any atom is 0.222 e. The van der Waals surface area contributed by atoms with Crippen molar-refractivity contribution in [2.75, 3.05) is 26.2 Å². The molecule has 1 aromatic carbocycles. The summed E-state index contributed by atoms with van der Waals surface area (Å²) >= 11 is 0. The van der Waals surface area contributed by atoms with Crippen LogP contribution in [0.3, 0.4) is 0 Å². The number of nitrogens with one attached hydrogen (secondary N) is 1. The maximum absolute atomic E-state index is 12.0. The van der Waals surface area contributed by atoms with Crippen LogP contribution in [0.15, 0.2) is 29.3 Å². The van der Waals surface area contributed by atoms with Gasteiger partial charge in [-0.25, -0.2) is 4.99 Å². The molecule has 5 nitrogen and oxygen atoms in total. The van der Waals surface area contributed by atoms with Gasteiger partial charge < -0.3 is 15.1 Å². The predicted octanol–water partition coefficient (Wildman–Crippen LogP) is 3.77. The van der Waals surface area contributed by atoms with Crippen LogP contribution < -0.4 is 5.32 Å². The zero-order valence-corrected chi connectivity index (χ0v) is 19.3. The van der Waals surface area contributed by atoms with Gasteiger partial charge in [0.05, 0.1) is 6.54 Å². The van der Waals surface area contributed by atoms with E-state index in [4.69, 9.17) is 4.99 Å². The molecule has 2 aliphatic heterocycles. The Balaban J connectivity index is 0.00000225. The van der Waals surface area contributed by atoms with Crippen molar-refractivity contribution < 1.29 is 4.79 Å². The lowest BCUT2D eigenvalue weighted by Crippen LogP contribution is -2.42. The Morgan fingerprint density at radius 2 is 1.93 bits per heavy atom. The summed E-state index contributed by atoms with van der Waals surface area (Å²) in [5, 5.41) is 3.49. The summed E-state index contributed by atoms with van der Waals surface area (Å²) in [6.45, 7) is 7.58. The molecule has 0 unspecified atom stereocenters. The molecular weight excluding hydrogens is 463 g/mol. The monoisotopic (exact) mass is 496 g/mol. The molecule has 4 rings (SSSR count). The van der Waals surface area contributed by atoms with E-state index in [-0.39, 0.29) is 29.9 Å². The first-order valence-electron chi connectivity index (χ1n) is 10.6. The van der Waals surface area contributed by atoms with Crippen LogP contribution in [-0.2, 0) is 17.9 Å². The van der Waals surface area contributed by atoms with E-state index in [2.05, 4.69) is 41.4 Å². The van der Waals surface area contributed by atoms with Crippen molar-refractivity contribution in [3.05, 3.63) is 35.4 Å². The Kier molecular flexibility index (Phi) is 7.23. The first-order chi connectivity index (χ1) is 13.2. The van der Waals surface area contributed by atoms with Crippen molar-refractivity contribution in [1.82, 2.24) is 15.1 Å². The summed E-state index contributed by atoms with van der Waals surface area (Å²) in [5.74, 6) is 1.33. The highest BCUT2D eigenvalue weighted by Gasteiger charge is 2.43. The second-order valence-electron chi connectivity index (χ2n) is 8.38. The third-order valence-corrected chi connectivity index (χ3v) is 6.54. The lowest BCUT2D eigenvalue weighted by molar-refractivity contribution is -0.128. The largest absolute Gasteiger partial charge is 0.357 e. The molecule has 6 heteroatoms. The average Bonchev–Trinajstić information content (AvgIpc) is 3.27. The Labute approximate surface area is 186 Å². The SMILES string of the molecule is CCNC(=NCc1ccccc1CN1CCCC1=O)N1CCC2(CCC2)C1.I. The van der Waals surface area contributed by atoms with E-state index in [1.807, 2.05) is 4.90 Å². The molecule has 1 aromatic rings. The molecule has 0 aromatic heterocycles. The second kappa shape index (κ2) is 9.46. The third-order valence-electron chi connectivity index (χ3n) is 6.54. The number of hydrogen-bond donors (Lipinski definition) is 1. The minimum Gasteiger partial charge on any atom is -0.357 e. The molecule has 28 heavy (non-hydrogen) atoms. The summed E-state index contributed by atoms with van der Waals surface area (Å²) in [7, 11) is 0. The Hall–Kier alpha value is -1.31. The van der Waals surface area contributed by atoms with Crippen LogP contribution in [0.5, 0.6) is 0 Å². The molecular formula is C22H33IN4O. The molecule has 0 bridgehead atoms. The van der Waals surface area contributed by atoms with Gasteiger partial charge in [0.15, 0.2) is 5.96 Å². The van der Waals surface area contributed by atoms with Gasteiger partial charge in [0.25, 0.3) is 0 Å². The smallest absolute Gasteiger partial charge is 0.222 e. The van der Waals surface area contributed by atoms with Crippen LogP contribution in [0.4, 0.5) is 0 Å². The highest BCUT2D eigenvalue weighted by molar-refractivity contribution is 14.0. The standard InChI is InChI=1S/C22H32N4O.HI/c1-2-23-21(26-14-12-22(17-26)10-6-11-22)24-15-18-7-3-4-8-19(18)16-25-13-5-9-20(25)27;/h3-4,7-8H,2,5-6,9-17H2,1H3,(H,23,24);1H. The first-order valence-corrected chi connectivity index (χ1v) is 10.6. The number of hydrogen-bond acceptors (Lipinski definition) is 2. The Morgan fingerprint density at radius 3 is 2.54 bits per heavy atom. The van der Waals surface area contributed by atoms with Gasteiger partial charge in [-0.15, -0.1) is 24.0 Å². The molecule has 2 heterocycles. The van der Waals surface area contributed by atoms with E-state index in [1.54, 1.807) is 0 Å². The van der Waals surface area contributed by atoms with Crippen molar-refractivity contribution in [2.24, 2.45) is 10.4 Å². The molecule has 1 spiro atoms. The van der Waals surface area contributed by atoms with E-state index in [1.165, 1.54) is 36.8 Å². The Morgan fingerprint density at radius 1 is 1.14 bits per heavy atom. The van der Waals surface area contributed by atoms with Gasteiger partial charge in [0.1, 0.15) is 0 Å². The molecule has 1 amide bonds. The van der Waals surface area contributed by atoms with Gasteiger partial charge in [-0.2, -0.15) is 0 Å². The van der Waals surface area contributed by atoms with Crippen LogP contribution in [-0.4, -0.2) is 47.8 Å². The number of rotatable bonds is 5. The van der Waals surface area contributed by atoms with Crippen LogP contribution in [0, 0.1) is 5.41 Å². The summed E-state index contributed by atoms with van der Waals surface area (Å²) in [5.41, 5.74) is 3.03. The second-order valence-corrected chi connectivity index (χ2v) is 8.38. The number of likely N-dealkylation sites (tertiary alicyclic amines) is 2. The van der Waals surface area contributed by atoms with Crippen LogP contribution >= 0.6 is 24.0 Å². The molecule has 3 fully saturated rings. The molecule has 3 aliphatic rings. The van der Waals surface area contributed by atoms with Gasteiger partial charge in [-0.05, 0) is 49.1 Å². The molecule has 0 atom stereocenters. The fraction of sp³-hybridized carbons (Fsp3) is 0.636. The topological polar surface area (TPSA) is 47.9 Å². The fourth-order valence-electron chi connectivity index (χ4n) is 4.73. The number of carbonyl (C=O) groups is 1. The van der Waals surface area contributed by atoms with Gasteiger partial charge >= 0.3 is 0 Å². The summed E-state index contributed by atoms with van der Waals surface area (Å²) in [6.07, 6.45) is 7.16. The van der Waals surface area contributed by atoms with Crippen molar-refractivity contribution in [3.63, 3.8) is 0 Å². The van der Waals surface area contributed by atoms with Crippen molar-refractivity contribution in [3.8, 4) is 0 Å². The lowest BCUT2D eigenvalue weighted by atomic mass is 9.68. The summed E-state index contributed by atoms with van der Waals surface area (Å²) < 4.78 is 0. The molecule has 1 aliphatic carbocycles. The minimum absolute atomic E-state index is 0. The van der Waals surface area contributed by atoms with E-state index >= 15 is 0 Å². The highest BCUT2D eigenvalue weighted by atomic mass is 127. The van der Waals surface area contributed by atoms with Crippen LogP contribution in [0.25, 0.3) is 0 Å². The number of guanidine groups is 1. The molecule has 1 saturated carbocycles. The van der Waals surface area contributed by atoms with Gasteiger partial charge in [-0.3, -0.25) is 4.79 Å². The number of benzene rings is 1. The molecule has 0 radical (unpaired) electrons. The molecule has 154 valence electrons. The highest BCUT2D eigenvalue weighted by Crippen LogP contribution is 2.47.